The van der Waals surface area contributed by atoms with Crippen molar-refractivity contribution >= 4 is 52.1 Å². The van der Waals surface area contributed by atoms with Gasteiger partial charge in [-0.25, -0.2) is 9.50 Å². The Morgan fingerprint density at radius 3 is 2.52 bits per heavy atom. The first kappa shape index (κ1) is 20.9. The van der Waals surface area contributed by atoms with Crippen LogP contribution < -0.4 is 10.2 Å². The highest BCUT2D eigenvalue weighted by molar-refractivity contribution is 8.18. The van der Waals surface area contributed by atoms with E-state index in [-0.39, 0.29) is 4.91 Å². The molecule has 33 heavy (non-hydrogen) atoms. The molecule has 2 aliphatic heterocycles. The number of fused-ring (bicyclic) bond motifs is 1. The Hall–Kier alpha value is -3.99. The Kier molecular flexibility index (Phi) is 5.17. The molecule has 1 aromatic carbocycles. The van der Waals surface area contributed by atoms with Gasteiger partial charge in [-0.15, -0.1) is 0 Å². The molecule has 2 aliphatic rings. The lowest BCUT2D eigenvalue weighted by Crippen LogP contribution is -2.54. The molecular weight excluding hydrogens is 444 g/mol. The second-order valence-electron chi connectivity index (χ2n) is 7.41. The van der Waals surface area contributed by atoms with Crippen LogP contribution in [-0.4, -0.2) is 62.1 Å². The van der Waals surface area contributed by atoms with Gasteiger partial charge < -0.3 is 9.80 Å². The van der Waals surface area contributed by atoms with Crippen molar-refractivity contribution < 1.29 is 19.2 Å². The number of rotatable bonds is 4. The maximum atomic E-state index is 12.5. The molecule has 0 saturated carbocycles. The minimum Gasteiger partial charge on any atom is -0.333 e. The van der Waals surface area contributed by atoms with Crippen molar-refractivity contribution in [1.82, 2.24) is 24.8 Å². The quantitative estimate of drug-likeness (QED) is 0.465. The van der Waals surface area contributed by atoms with Crippen LogP contribution in [0.25, 0.3) is 23.0 Å². The summed E-state index contributed by atoms with van der Waals surface area (Å²) in [6.45, 7) is 3.31. The van der Waals surface area contributed by atoms with E-state index in [1.54, 1.807) is 41.1 Å². The van der Waals surface area contributed by atoms with Gasteiger partial charge in [-0.1, -0.05) is 12.1 Å². The summed E-state index contributed by atoms with van der Waals surface area (Å²) in [4.78, 5) is 55.5. The molecule has 0 radical (unpaired) electrons. The predicted molar refractivity (Wildman–Crippen MR) is 122 cm³/mol. The van der Waals surface area contributed by atoms with E-state index in [1.807, 2.05) is 19.1 Å². The van der Waals surface area contributed by atoms with Crippen LogP contribution in [0.1, 0.15) is 12.6 Å². The Bertz CT molecular complexity index is 1350. The molecule has 3 aromatic rings. The Balaban J connectivity index is 1.43. The predicted octanol–water partition coefficient (Wildman–Crippen LogP) is 1.92. The molecule has 5 rings (SSSR count). The van der Waals surface area contributed by atoms with Crippen molar-refractivity contribution in [3.63, 3.8) is 0 Å². The summed E-state index contributed by atoms with van der Waals surface area (Å²) in [6, 6.07) is 10.8. The van der Waals surface area contributed by atoms with Gasteiger partial charge in [0.2, 0.25) is 0 Å². The molecule has 11 heteroatoms. The van der Waals surface area contributed by atoms with E-state index in [2.05, 4.69) is 15.4 Å². The van der Waals surface area contributed by atoms with Crippen molar-refractivity contribution in [3.8, 4) is 11.3 Å². The van der Waals surface area contributed by atoms with E-state index in [0.29, 0.717) is 36.7 Å². The SMILES string of the molecule is CCN1CCN(c2ccc(-c3cnc4ccc(C=C5SC(=O)NC5=O)nn34)cc2)C(=O)C1=O. The number of amides is 4. The van der Waals surface area contributed by atoms with E-state index in [0.717, 1.165) is 23.0 Å². The molecule has 0 spiro atoms. The number of imide groups is 1. The number of nitrogens with one attached hydrogen (secondary N) is 1. The smallest absolute Gasteiger partial charge is 0.316 e. The summed E-state index contributed by atoms with van der Waals surface area (Å²) in [5.41, 5.74) is 3.30. The van der Waals surface area contributed by atoms with E-state index in [9.17, 15) is 19.2 Å². The highest BCUT2D eigenvalue weighted by Crippen LogP contribution is 2.27. The second kappa shape index (κ2) is 8.17. The van der Waals surface area contributed by atoms with Crippen LogP contribution >= 0.6 is 11.8 Å². The maximum absolute atomic E-state index is 12.5. The van der Waals surface area contributed by atoms with E-state index in [4.69, 9.17) is 0 Å². The van der Waals surface area contributed by atoms with Crippen molar-refractivity contribution in [2.24, 2.45) is 0 Å². The van der Waals surface area contributed by atoms with Crippen molar-refractivity contribution in [1.29, 1.82) is 0 Å². The molecule has 2 fully saturated rings. The average Bonchev–Trinajstić information content (AvgIpc) is 3.37. The number of imidazole rings is 1. The number of likely N-dealkylation sites (N-methyl/N-ethyl adjacent to an activating group) is 1. The van der Waals surface area contributed by atoms with E-state index < -0.39 is 23.0 Å². The molecular formula is C22H18N6O4S. The molecule has 4 amide bonds. The monoisotopic (exact) mass is 462 g/mol. The topological polar surface area (TPSA) is 117 Å². The van der Waals surface area contributed by atoms with Crippen LogP contribution in [-0.2, 0) is 14.4 Å². The van der Waals surface area contributed by atoms with Crippen LogP contribution in [0.2, 0.25) is 0 Å². The number of anilines is 1. The van der Waals surface area contributed by atoms with Gasteiger partial charge in [0.15, 0.2) is 5.65 Å². The fraction of sp³-hybridized carbons (Fsp3) is 0.182. The number of benzene rings is 1. The number of piperazine rings is 1. The number of carbonyl (C=O) groups excluding carboxylic acids is 4. The third-order valence-electron chi connectivity index (χ3n) is 5.47. The molecule has 166 valence electrons. The molecule has 0 unspecified atom stereocenters. The lowest BCUT2D eigenvalue weighted by Gasteiger charge is -2.33. The van der Waals surface area contributed by atoms with Crippen LogP contribution in [0.15, 0.2) is 47.5 Å². The number of hydrogen-bond donors (Lipinski definition) is 1. The molecule has 10 nitrogen and oxygen atoms in total. The van der Waals surface area contributed by atoms with Gasteiger partial charge in [0, 0.05) is 30.9 Å². The zero-order valence-corrected chi connectivity index (χ0v) is 18.3. The number of hydrogen-bond acceptors (Lipinski definition) is 7. The summed E-state index contributed by atoms with van der Waals surface area (Å²) in [5, 5.41) is 6.35. The number of nitrogens with zero attached hydrogens (tertiary/aromatic N) is 5. The third-order valence-corrected chi connectivity index (χ3v) is 6.28. The first-order valence-corrected chi connectivity index (χ1v) is 11.1. The number of aromatic nitrogens is 3. The minimum absolute atomic E-state index is 0.278. The third kappa shape index (κ3) is 3.76. The molecule has 2 saturated heterocycles. The van der Waals surface area contributed by atoms with Crippen molar-refractivity contribution in [2.45, 2.75) is 6.92 Å². The standard InChI is InChI=1S/C22H18N6O4S/c1-2-26-9-10-27(21(31)20(26)30)15-6-3-13(4-7-15)16-12-23-18-8-5-14(25-28(16)18)11-17-19(29)24-22(32)33-17/h3-8,11-12H,2,9-10H2,1H3,(H,24,29,32). The molecule has 2 aromatic heterocycles. The fourth-order valence-corrected chi connectivity index (χ4v) is 4.42. The summed E-state index contributed by atoms with van der Waals surface area (Å²) in [6.07, 6.45) is 3.24. The lowest BCUT2D eigenvalue weighted by molar-refractivity contribution is -0.146. The average molecular weight is 462 g/mol. The van der Waals surface area contributed by atoms with Gasteiger partial charge in [0.1, 0.15) is 0 Å². The molecule has 0 aliphatic carbocycles. The highest BCUT2D eigenvalue weighted by atomic mass is 32.2. The first-order valence-electron chi connectivity index (χ1n) is 10.3. The van der Waals surface area contributed by atoms with Crippen molar-refractivity contribution in [3.05, 3.63) is 53.2 Å². The van der Waals surface area contributed by atoms with Gasteiger partial charge in [0.25, 0.3) is 11.1 Å². The largest absolute Gasteiger partial charge is 0.333 e. The Morgan fingerprint density at radius 2 is 1.82 bits per heavy atom. The van der Waals surface area contributed by atoms with E-state index >= 15 is 0 Å². The first-order chi connectivity index (χ1) is 15.9. The van der Waals surface area contributed by atoms with E-state index in [1.165, 1.54) is 9.80 Å². The lowest BCUT2D eigenvalue weighted by atomic mass is 10.1. The number of carbonyl (C=O) groups is 4. The van der Waals surface area contributed by atoms with Gasteiger partial charge in [-0.2, -0.15) is 5.10 Å². The Labute approximate surface area is 192 Å². The van der Waals surface area contributed by atoms with Crippen LogP contribution in [0.5, 0.6) is 0 Å². The second-order valence-corrected chi connectivity index (χ2v) is 8.43. The zero-order valence-electron chi connectivity index (χ0n) is 17.5. The molecule has 1 N–H and O–H groups in total. The molecule has 0 atom stereocenters. The molecule has 0 bridgehead atoms. The van der Waals surface area contributed by atoms with Crippen LogP contribution in [0.3, 0.4) is 0 Å². The summed E-state index contributed by atoms with van der Waals surface area (Å²) >= 11 is 0.831. The van der Waals surface area contributed by atoms with Gasteiger partial charge in [-0.05, 0) is 49.0 Å². The summed E-state index contributed by atoms with van der Waals surface area (Å²) < 4.78 is 1.65. The maximum Gasteiger partial charge on any atom is 0.316 e. The molecule has 4 heterocycles. The van der Waals surface area contributed by atoms with Crippen molar-refractivity contribution in [2.75, 3.05) is 24.5 Å². The van der Waals surface area contributed by atoms with Crippen LogP contribution in [0.4, 0.5) is 10.5 Å². The summed E-state index contributed by atoms with van der Waals surface area (Å²) in [7, 11) is 0. The fourth-order valence-electron chi connectivity index (χ4n) is 3.75. The summed E-state index contributed by atoms with van der Waals surface area (Å²) in [5.74, 6) is -1.46. The van der Waals surface area contributed by atoms with Gasteiger partial charge >= 0.3 is 11.8 Å². The van der Waals surface area contributed by atoms with Gasteiger partial charge in [0.05, 0.1) is 22.5 Å². The normalized spacial score (nSPS) is 18.0. The number of thioether (sulfide) groups is 1. The minimum atomic E-state index is -0.530. The van der Waals surface area contributed by atoms with Crippen LogP contribution in [0, 0.1) is 0 Å². The van der Waals surface area contributed by atoms with Gasteiger partial charge in [-0.3, -0.25) is 24.5 Å². The Morgan fingerprint density at radius 1 is 1.03 bits per heavy atom. The zero-order chi connectivity index (χ0) is 23.1. The highest BCUT2D eigenvalue weighted by Gasteiger charge is 2.32.